The van der Waals surface area contributed by atoms with Crippen LogP contribution in [0.5, 0.6) is 11.5 Å². The van der Waals surface area contributed by atoms with Crippen LogP contribution in [0.1, 0.15) is 40.8 Å². The minimum atomic E-state index is -0.539. The zero-order valence-electron chi connectivity index (χ0n) is 23.5. The molecule has 9 heteroatoms. The monoisotopic (exact) mass is 555 g/mol. The Balaban J connectivity index is 1.53. The highest BCUT2D eigenvalue weighted by Crippen LogP contribution is 2.40. The van der Waals surface area contributed by atoms with Gasteiger partial charge in [0.1, 0.15) is 6.04 Å². The van der Waals surface area contributed by atoms with Gasteiger partial charge in [0.25, 0.3) is 5.91 Å². The van der Waals surface area contributed by atoms with Gasteiger partial charge in [-0.1, -0.05) is 65.4 Å². The van der Waals surface area contributed by atoms with Crippen molar-refractivity contribution in [3.05, 3.63) is 99.8 Å². The van der Waals surface area contributed by atoms with E-state index < -0.39 is 6.04 Å². The number of benzene rings is 3. The number of aryl methyl sites for hydroxylation is 3. The first-order chi connectivity index (χ1) is 19.3. The number of rotatable bonds is 8. The summed E-state index contributed by atoms with van der Waals surface area (Å²) >= 11 is 1.56. The van der Waals surface area contributed by atoms with E-state index in [1.165, 1.54) is 11.1 Å². The standard InChI is InChI=1S/C31H33N5O3S/c1-18-8-7-9-22(15-18)17-40-31-34-30-32-21(4)27(29(37)33-24-12-10-19(2)14-20(24)3)28(36(30)35-31)23-11-13-25(38-5)26(16-23)39-6/h7-16,28H,17H2,1-6H3,(H,33,37)(H,32,34,35)/t28-/m0/s1. The molecule has 5 rings (SSSR count). The summed E-state index contributed by atoms with van der Waals surface area (Å²) in [7, 11) is 3.20. The highest BCUT2D eigenvalue weighted by molar-refractivity contribution is 7.98. The molecule has 0 unspecified atom stereocenters. The summed E-state index contributed by atoms with van der Waals surface area (Å²) in [6, 6.07) is 19.5. The number of ether oxygens (including phenoxy) is 2. The van der Waals surface area contributed by atoms with E-state index in [2.05, 4.69) is 47.9 Å². The van der Waals surface area contributed by atoms with E-state index >= 15 is 0 Å². The van der Waals surface area contributed by atoms with Crippen molar-refractivity contribution in [3.63, 3.8) is 0 Å². The van der Waals surface area contributed by atoms with Crippen LogP contribution >= 0.6 is 11.8 Å². The minimum absolute atomic E-state index is 0.216. The third kappa shape index (κ3) is 5.56. The first kappa shape index (κ1) is 27.3. The fraction of sp³-hybridized carbons (Fsp3) is 0.258. The number of hydrogen-bond acceptors (Lipinski definition) is 7. The highest BCUT2D eigenvalue weighted by Gasteiger charge is 2.35. The lowest BCUT2D eigenvalue weighted by Gasteiger charge is -2.29. The summed E-state index contributed by atoms with van der Waals surface area (Å²) in [6.07, 6.45) is 0. The molecule has 1 aliphatic heterocycles. The average molecular weight is 556 g/mol. The van der Waals surface area contributed by atoms with E-state index in [9.17, 15) is 4.79 Å². The number of carbonyl (C=O) groups is 1. The van der Waals surface area contributed by atoms with Crippen molar-refractivity contribution in [2.75, 3.05) is 24.9 Å². The maximum Gasteiger partial charge on any atom is 0.255 e. The molecule has 8 nitrogen and oxygen atoms in total. The molecule has 1 aromatic heterocycles. The van der Waals surface area contributed by atoms with Gasteiger partial charge in [-0.15, -0.1) is 5.10 Å². The SMILES string of the molecule is COc1ccc([C@H]2C(C(=O)Nc3ccc(C)cc3C)=C(C)Nc3nc(SCc4cccc(C)c4)nn32)cc1OC. The van der Waals surface area contributed by atoms with Crippen molar-refractivity contribution >= 4 is 29.3 Å². The molecule has 0 radical (unpaired) electrons. The van der Waals surface area contributed by atoms with Gasteiger partial charge < -0.3 is 20.1 Å². The molecule has 4 aromatic rings. The van der Waals surface area contributed by atoms with Crippen molar-refractivity contribution in [1.29, 1.82) is 0 Å². The van der Waals surface area contributed by atoms with E-state index in [4.69, 9.17) is 19.6 Å². The quantitative estimate of drug-likeness (QED) is 0.242. The van der Waals surface area contributed by atoms with Crippen LogP contribution in [-0.2, 0) is 10.5 Å². The zero-order chi connectivity index (χ0) is 28.4. The molecular formula is C31H33N5O3S. The maximum absolute atomic E-state index is 13.9. The molecule has 1 aliphatic rings. The van der Waals surface area contributed by atoms with Crippen molar-refractivity contribution < 1.29 is 14.3 Å². The largest absolute Gasteiger partial charge is 0.493 e. The molecule has 40 heavy (non-hydrogen) atoms. The Kier molecular flexibility index (Phi) is 7.84. The lowest BCUT2D eigenvalue weighted by Crippen LogP contribution is -2.31. The molecule has 1 amide bonds. The third-order valence-electron chi connectivity index (χ3n) is 6.88. The maximum atomic E-state index is 13.9. The number of aromatic nitrogens is 3. The number of carbonyl (C=O) groups excluding carboxylic acids is 1. The lowest BCUT2D eigenvalue weighted by molar-refractivity contribution is -0.113. The molecule has 2 heterocycles. The Morgan fingerprint density at radius 3 is 2.48 bits per heavy atom. The molecule has 1 atom stereocenters. The van der Waals surface area contributed by atoms with Crippen molar-refractivity contribution in [2.45, 2.75) is 44.6 Å². The number of methoxy groups -OCH3 is 2. The Bertz CT molecular complexity index is 1610. The van der Waals surface area contributed by atoms with E-state index in [1.54, 1.807) is 30.7 Å². The lowest BCUT2D eigenvalue weighted by atomic mass is 9.94. The second kappa shape index (κ2) is 11.5. The van der Waals surface area contributed by atoms with Gasteiger partial charge in [0.05, 0.1) is 19.8 Å². The first-order valence-corrected chi connectivity index (χ1v) is 14.0. The van der Waals surface area contributed by atoms with Gasteiger partial charge in [-0.2, -0.15) is 4.98 Å². The van der Waals surface area contributed by atoms with Gasteiger partial charge in [0, 0.05) is 17.1 Å². The Hall–Kier alpha value is -4.24. The number of amides is 1. The second-order valence-corrected chi connectivity index (χ2v) is 10.8. The number of fused-ring (bicyclic) bond motifs is 1. The predicted molar refractivity (Wildman–Crippen MR) is 159 cm³/mol. The fourth-order valence-corrected chi connectivity index (χ4v) is 5.68. The Labute approximate surface area is 238 Å². The van der Waals surface area contributed by atoms with E-state index in [-0.39, 0.29) is 5.91 Å². The molecule has 0 aliphatic carbocycles. The predicted octanol–water partition coefficient (Wildman–Crippen LogP) is 6.44. The summed E-state index contributed by atoms with van der Waals surface area (Å²) in [6.45, 7) is 7.99. The van der Waals surface area contributed by atoms with Gasteiger partial charge in [-0.25, -0.2) is 4.68 Å². The molecule has 0 fully saturated rings. The van der Waals surface area contributed by atoms with Crippen LogP contribution in [0.3, 0.4) is 0 Å². The molecule has 0 saturated carbocycles. The number of hydrogen-bond donors (Lipinski definition) is 2. The Morgan fingerprint density at radius 2 is 1.75 bits per heavy atom. The molecular weight excluding hydrogens is 522 g/mol. The van der Waals surface area contributed by atoms with Crippen molar-refractivity contribution in [1.82, 2.24) is 14.8 Å². The molecule has 2 N–H and O–H groups in total. The highest BCUT2D eigenvalue weighted by atomic mass is 32.2. The van der Waals surface area contributed by atoms with Crippen LogP contribution in [0.25, 0.3) is 0 Å². The van der Waals surface area contributed by atoms with Crippen LogP contribution in [0, 0.1) is 20.8 Å². The summed E-state index contributed by atoms with van der Waals surface area (Å²) in [4.78, 5) is 18.7. The second-order valence-electron chi connectivity index (χ2n) is 9.89. The smallest absolute Gasteiger partial charge is 0.255 e. The molecule has 0 bridgehead atoms. The fourth-order valence-electron chi connectivity index (χ4n) is 4.91. The van der Waals surface area contributed by atoms with Crippen molar-refractivity contribution in [2.24, 2.45) is 0 Å². The van der Waals surface area contributed by atoms with Crippen LogP contribution in [-0.4, -0.2) is 34.9 Å². The number of allylic oxidation sites excluding steroid dienone is 1. The summed E-state index contributed by atoms with van der Waals surface area (Å²) in [5.41, 5.74) is 7.38. The Morgan fingerprint density at radius 1 is 0.975 bits per heavy atom. The van der Waals surface area contributed by atoms with Gasteiger partial charge in [0.15, 0.2) is 11.5 Å². The van der Waals surface area contributed by atoms with Crippen LogP contribution in [0.4, 0.5) is 11.6 Å². The van der Waals surface area contributed by atoms with E-state index in [0.717, 1.165) is 28.1 Å². The molecule has 206 valence electrons. The number of nitrogens with one attached hydrogen (secondary N) is 2. The van der Waals surface area contributed by atoms with Gasteiger partial charge >= 0.3 is 0 Å². The minimum Gasteiger partial charge on any atom is -0.493 e. The zero-order valence-corrected chi connectivity index (χ0v) is 24.3. The third-order valence-corrected chi connectivity index (χ3v) is 7.79. The molecule has 0 spiro atoms. The summed E-state index contributed by atoms with van der Waals surface area (Å²) in [5, 5.41) is 11.9. The van der Waals surface area contributed by atoms with Gasteiger partial charge in [-0.3, -0.25) is 4.79 Å². The topological polar surface area (TPSA) is 90.3 Å². The van der Waals surface area contributed by atoms with E-state index in [0.29, 0.717) is 33.9 Å². The number of thioether (sulfide) groups is 1. The summed E-state index contributed by atoms with van der Waals surface area (Å²) in [5.74, 6) is 2.27. The van der Waals surface area contributed by atoms with Crippen molar-refractivity contribution in [3.8, 4) is 11.5 Å². The van der Waals surface area contributed by atoms with Gasteiger partial charge in [0.2, 0.25) is 11.1 Å². The van der Waals surface area contributed by atoms with Crippen LogP contribution in [0.2, 0.25) is 0 Å². The average Bonchev–Trinajstić information content (AvgIpc) is 3.34. The number of anilines is 2. The first-order valence-electron chi connectivity index (χ1n) is 13.0. The van der Waals surface area contributed by atoms with Crippen LogP contribution < -0.4 is 20.1 Å². The molecule has 3 aromatic carbocycles. The van der Waals surface area contributed by atoms with E-state index in [1.807, 2.05) is 51.1 Å². The normalized spacial score (nSPS) is 14.4. The van der Waals surface area contributed by atoms with Gasteiger partial charge in [-0.05, 0) is 62.6 Å². The molecule has 0 saturated heterocycles. The summed E-state index contributed by atoms with van der Waals surface area (Å²) < 4.78 is 12.8. The number of nitrogens with zero attached hydrogens (tertiary/aromatic N) is 3. The van der Waals surface area contributed by atoms with Crippen LogP contribution in [0.15, 0.2) is 77.1 Å².